The minimum Gasteiger partial charge on any atom is -0.538 e. The maximum atomic E-state index is 12.5. The van der Waals surface area contributed by atoms with Crippen molar-refractivity contribution in [2.75, 3.05) is 0 Å². The van der Waals surface area contributed by atoms with Gasteiger partial charge in [-0.3, -0.25) is 0 Å². The Labute approximate surface area is 92.5 Å². The van der Waals surface area contributed by atoms with Crippen LogP contribution in [0.3, 0.4) is 0 Å². The van der Waals surface area contributed by atoms with E-state index in [0.29, 0.717) is 0 Å². The van der Waals surface area contributed by atoms with E-state index in [1.54, 1.807) is 0 Å². The second kappa shape index (κ2) is 4.93. The van der Waals surface area contributed by atoms with Crippen LogP contribution in [0, 0.1) is 0 Å². The molecule has 0 rings (SSSR count). The number of hydrogen-bond acceptors (Lipinski definition) is 3. The highest BCUT2D eigenvalue weighted by molar-refractivity contribution is 6.72. The maximum absolute atomic E-state index is 12.5. The van der Waals surface area contributed by atoms with Crippen molar-refractivity contribution >= 4 is 22.6 Å². The van der Waals surface area contributed by atoms with Gasteiger partial charge in [0.1, 0.15) is 6.33 Å². The molecule has 0 radical (unpaired) electrons. The molecule has 0 aromatic carbocycles. The van der Waals surface area contributed by atoms with Crippen molar-refractivity contribution in [3.8, 4) is 0 Å². The third-order valence-electron chi connectivity index (χ3n) is 1.12. The molecule has 0 saturated heterocycles. The van der Waals surface area contributed by atoms with E-state index >= 15 is 0 Å². The summed E-state index contributed by atoms with van der Waals surface area (Å²) in [5.74, 6) is -1.00. The number of carbonyl (C=O) groups is 1. The van der Waals surface area contributed by atoms with Gasteiger partial charge >= 0.3 is 5.97 Å². The number of halogens is 1. The summed E-state index contributed by atoms with van der Waals surface area (Å²) in [6.07, 6.45) is 0.181. The van der Waals surface area contributed by atoms with Crippen molar-refractivity contribution in [3.63, 3.8) is 0 Å². The summed E-state index contributed by atoms with van der Waals surface area (Å²) in [5, 5.41) is 0. The molecule has 0 bridgehead atoms. The van der Waals surface area contributed by atoms with Gasteiger partial charge in [0.15, 0.2) is 0 Å². The highest BCUT2D eigenvalue weighted by Crippen LogP contribution is 2.14. The zero-order valence-electron chi connectivity index (χ0n) is 10.2. The van der Waals surface area contributed by atoms with Crippen LogP contribution in [0.1, 0.15) is 0 Å². The smallest absolute Gasteiger partial charge is 0.361 e. The Bertz CT molecular complexity index is 264. The molecule has 0 fully saturated rings. The van der Waals surface area contributed by atoms with Gasteiger partial charge in [-0.2, -0.15) is 0 Å². The molecule has 0 aliphatic carbocycles. The second-order valence-corrected chi connectivity index (χ2v) is 14.0. The molecule has 3 nitrogen and oxygen atoms in total. The fraction of sp³-hybridized carbons (Fsp3) is 0.667. The summed E-state index contributed by atoms with van der Waals surface area (Å²) in [4.78, 5) is 11.5. The van der Waals surface area contributed by atoms with Gasteiger partial charge in [0.25, 0.3) is 0 Å². The molecule has 15 heavy (non-hydrogen) atoms. The lowest BCUT2D eigenvalue weighted by Gasteiger charge is -2.23. The maximum Gasteiger partial charge on any atom is 0.361 e. The van der Waals surface area contributed by atoms with Gasteiger partial charge in [0.05, 0.1) is 0 Å². The average molecular weight is 250 g/mol. The van der Waals surface area contributed by atoms with Crippen molar-refractivity contribution in [1.29, 1.82) is 0 Å². The number of rotatable bonds is 4. The normalized spacial score (nSPS) is 13.7. The Kier molecular flexibility index (Phi) is 4.73. The van der Waals surface area contributed by atoms with Crippen LogP contribution in [0.4, 0.5) is 4.39 Å². The van der Waals surface area contributed by atoms with Gasteiger partial charge in [-0.1, -0.05) is 0 Å². The zero-order valence-corrected chi connectivity index (χ0v) is 12.2. The predicted molar refractivity (Wildman–Crippen MR) is 63.1 cm³/mol. The number of carbonyl (C=O) groups excluding carboxylic acids is 1. The van der Waals surface area contributed by atoms with E-state index in [1.165, 1.54) is 0 Å². The SMILES string of the molecule is C[Si](C)(C)OC(=O)/C(=C/F)O[Si](C)(C)C. The van der Waals surface area contributed by atoms with E-state index in [-0.39, 0.29) is 12.1 Å². The summed E-state index contributed by atoms with van der Waals surface area (Å²) < 4.78 is 22.9. The van der Waals surface area contributed by atoms with Crippen LogP contribution in [0.25, 0.3) is 0 Å². The van der Waals surface area contributed by atoms with E-state index in [4.69, 9.17) is 8.85 Å². The van der Waals surface area contributed by atoms with Crippen LogP contribution >= 0.6 is 0 Å². The summed E-state index contributed by atoms with van der Waals surface area (Å²) in [5.41, 5.74) is 0. The minimum absolute atomic E-state index is 0.181. The van der Waals surface area contributed by atoms with Gasteiger partial charge in [0, 0.05) is 0 Å². The molecular weight excluding hydrogens is 231 g/mol. The molecule has 0 saturated carbocycles. The summed E-state index contributed by atoms with van der Waals surface area (Å²) in [6, 6.07) is 0. The predicted octanol–water partition coefficient (Wildman–Crippen LogP) is 3.03. The molecule has 0 aromatic heterocycles. The van der Waals surface area contributed by atoms with Crippen LogP contribution in [0.5, 0.6) is 0 Å². The lowest BCUT2D eigenvalue weighted by molar-refractivity contribution is -0.133. The largest absolute Gasteiger partial charge is 0.538 e. The van der Waals surface area contributed by atoms with Crippen molar-refractivity contribution in [2.24, 2.45) is 0 Å². The van der Waals surface area contributed by atoms with Gasteiger partial charge in [-0.05, 0) is 39.3 Å². The Morgan fingerprint density at radius 2 is 1.40 bits per heavy atom. The Morgan fingerprint density at radius 1 is 1.00 bits per heavy atom. The molecule has 0 amide bonds. The second-order valence-electron chi connectivity index (χ2n) is 5.19. The van der Waals surface area contributed by atoms with Crippen molar-refractivity contribution in [3.05, 3.63) is 12.1 Å². The van der Waals surface area contributed by atoms with E-state index in [0.717, 1.165) is 0 Å². The summed E-state index contributed by atoms with van der Waals surface area (Å²) in [6.45, 7) is 11.2. The van der Waals surface area contributed by atoms with E-state index in [2.05, 4.69) is 0 Å². The quantitative estimate of drug-likeness (QED) is 0.437. The molecule has 0 atom stereocenters. The third-order valence-corrected chi connectivity index (χ3v) is 2.75. The van der Waals surface area contributed by atoms with Crippen molar-refractivity contribution in [1.82, 2.24) is 0 Å². The lowest BCUT2D eigenvalue weighted by atomic mass is 10.6. The monoisotopic (exact) mass is 250 g/mol. The first-order valence-corrected chi connectivity index (χ1v) is 11.6. The first kappa shape index (κ1) is 14.4. The van der Waals surface area contributed by atoms with E-state index in [1.807, 2.05) is 39.3 Å². The molecule has 0 aliphatic rings. The molecule has 0 aromatic rings. The fourth-order valence-corrected chi connectivity index (χ4v) is 2.21. The topological polar surface area (TPSA) is 35.5 Å². The van der Waals surface area contributed by atoms with Gasteiger partial charge in [-0.25, -0.2) is 9.18 Å². The molecule has 6 heteroatoms. The van der Waals surface area contributed by atoms with Crippen LogP contribution in [0.15, 0.2) is 12.1 Å². The summed E-state index contributed by atoms with van der Waals surface area (Å²) >= 11 is 0. The fourth-order valence-electron chi connectivity index (χ4n) is 0.767. The van der Waals surface area contributed by atoms with Crippen LogP contribution < -0.4 is 0 Å². The Balaban J connectivity index is 4.53. The molecule has 0 spiro atoms. The Morgan fingerprint density at radius 3 is 1.67 bits per heavy atom. The van der Waals surface area contributed by atoms with Crippen molar-refractivity contribution in [2.45, 2.75) is 39.3 Å². The van der Waals surface area contributed by atoms with Crippen molar-refractivity contribution < 1.29 is 18.0 Å². The molecule has 0 heterocycles. The van der Waals surface area contributed by atoms with Gasteiger partial charge in [-0.15, -0.1) is 0 Å². The Hall–Kier alpha value is -0.626. The number of hydrogen-bond donors (Lipinski definition) is 0. The minimum atomic E-state index is -2.00. The molecule has 0 aliphatic heterocycles. The molecule has 88 valence electrons. The highest BCUT2D eigenvalue weighted by atomic mass is 28.4. The zero-order chi connectivity index (χ0) is 12.3. The van der Waals surface area contributed by atoms with Crippen LogP contribution in [-0.2, 0) is 13.6 Å². The lowest BCUT2D eigenvalue weighted by Crippen LogP contribution is -2.33. The first-order chi connectivity index (χ1) is 6.55. The summed E-state index contributed by atoms with van der Waals surface area (Å²) in [7, 11) is -3.97. The molecule has 0 N–H and O–H groups in total. The van der Waals surface area contributed by atoms with Gasteiger partial charge < -0.3 is 8.85 Å². The molecular formula is C9H19FO3Si2. The highest BCUT2D eigenvalue weighted by Gasteiger charge is 2.27. The van der Waals surface area contributed by atoms with Crippen LogP contribution in [0.2, 0.25) is 39.3 Å². The van der Waals surface area contributed by atoms with Crippen LogP contribution in [-0.4, -0.2) is 22.6 Å². The standard InChI is InChI=1S/C9H19FO3Si2/c1-14(2,3)12-8(7-10)9(11)13-15(4,5)6/h7H,1-6H3/b8-7-. The average Bonchev–Trinajstić information content (AvgIpc) is 1.94. The molecule has 0 unspecified atom stereocenters. The van der Waals surface area contributed by atoms with E-state index < -0.39 is 22.6 Å². The van der Waals surface area contributed by atoms with Gasteiger partial charge in [0.2, 0.25) is 22.4 Å². The third kappa shape index (κ3) is 7.32. The van der Waals surface area contributed by atoms with E-state index in [9.17, 15) is 9.18 Å². The first-order valence-electron chi connectivity index (χ1n) is 4.78.